The van der Waals surface area contributed by atoms with Crippen LogP contribution in [-0.4, -0.2) is 46.4 Å². The number of fused-ring (bicyclic) bond motifs is 7. The molecule has 4 heterocycles. The number of rotatable bonds is 1. The molecule has 6 rings (SSSR count). The van der Waals surface area contributed by atoms with Gasteiger partial charge in [0.15, 0.2) is 0 Å². The van der Waals surface area contributed by atoms with Crippen LogP contribution in [0.5, 0.6) is 0 Å². The number of benzene rings is 2. The van der Waals surface area contributed by atoms with Crippen LogP contribution in [0.1, 0.15) is 12.0 Å². The molecule has 3 amide bonds. The highest BCUT2D eigenvalue weighted by Gasteiger charge is 2.75. The second-order valence-electron chi connectivity index (χ2n) is 8.78. The summed E-state index contributed by atoms with van der Waals surface area (Å²) in [4.78, 5) is 43.7. The van der Waals surface area contributed by atoms with E-state index in [0.717, 1.165) is 11.0 Å². The van der Waals surface area contributed by atoms with E-state index in [0.29, 0.717) is 0 Å². The van der Waals surface area contributed by atoms with Crippen molar-refractivity contribution in [3.05, 3.63) is 56.8 Å². The molecule has 11 heteroatoms. The number of nitrogens with zero attached hydrogens (tertiary/aromatic N) is 2. The highest BCUT2D eigenvalue weighted by atomic mass is 35.5. The molecule has 4 aliphatic heterocycles. The van der Waals surface area contributed by atoms with Crippen LogP contribution in [0, 0.1) is 17.7 Å². The average Bonchev–Trinajstić information content (AvgIpc) is 3.37. The third kappa shape index (κ3) is 2.61. The lowest BCUT2D eigenvalue weighted by atomic mass is 9.75. The van der Waals surface area contributed by atoms with E-state index in [9.17, 15) is 23.9 Å². The van der Waals surface area contributed by atoms with Crippen molar-refractivity contribution in [2.24, 2.45) is 11.8 Å². The van der Waals surface area contributed by atoms with Crippen LogP contribution >= 0.6 is 34.8 Å². The van der Waals surface area contributed by atoms with E-state index >= 15 is 0 Å². The molecule has 3 fully saturated rings. The summed E-state index contributed by atoms with van der Waals surface area (Å²) >= 11 is 18.3. The van der Waals surface area contributed by atoms with Crippen molar-refractivity contribution in [1.82, 2.24) is 4.90 Å². The van der Waals surface area contributed by atoms with E-state index in [1.165, 1.54) is 24.3 Å². The number of aliphatic hydroxyl groups is 1. The molecule has 170 valence electrons. The van der Waals surface area contributed by atoms with Gasteiger partial charge in [-0.15, -0.1) is 0 Å². The third-order valence-corrected chi connectivity index (χ3v) is 7.80. The molecular weight excluding hydrogens is 496 g/mol. The van der Waals surface area contributed by atoms with Crippen molar-refractivity contribution in [1.29, 1.82) is 0 Å². The number of carbonyl (C=O) groups is 3. The molecule has 4 aliphatic rings. The van der Waals surface area contributed by atoms with Crippen LogP contribution in [0.2, 0.25) is 15.1 Å². The Morgan fingerprint density at radius 1 is 1.00 bits per heavy atom. The number of hydrogen-bond donors (Lipinski definition) is 2. The standard InChI is InChI=1S/C22H15Cl3FN3O4/c23-8-1-9(24)3-11(2-8)29-19(31)16-15-6-12(30)7-28(15)22(17(16)20(29)32)13-4-10(25)5-14(26)18(13)27-21(22)33/h1-5,12,15-17,30H,6-7H2,(H,27,33)/t12-,15?,16?,17?,22?/m0/s1. The fraction of sp³-hybridized carbons (Fsp3) is 0.318. The third-order valence-electron chi connectivity index (χ3n) is 7.15. The summed E-state index contributed by atoms with van der Waals surface area (Å²) in [5, 5.41) is 13.5. The predicted octanol–water partition coefficient (Wildman–Crippen LogP) is 3.19. The number of anilines is 2. The maximum atomic E-state index is 14.8. The van der Waals surface area contributed by atoms with Crippen molar-refractivity contribution in [3.63, 3.8) is 0 Å². The molecule has 0 bridgehead atoms. The molecule has 0 radical (unpaired) electrons. The average molecular weight is 511 g/mol. The Morgan fingerprint density at radius 2 is 1.67 bits per heavy atom. The van der Waals surface area contributed by atoms with Gasteiger partial charge in [0.05, 0.1) is 29.3 Å². The molecular formula is C22H15Cl3FN3O4. The smallest absolute Gasteiger partial charge is 0.250 e. The topological polar surface area (TPSA) is 90.0 Å². The van der Waals surface area contributed by atoms with Crippen molar-refractivity contribution in [3.8, 4) is 0 Å². The molecule has 4 unspecified atom stereocenters. The van der Waals surface area contributed by atoms with E-state index in [1.807, 2.05) is 0 Å². The van der Waals surface area contributed by atoms with Gasteiger partial charge in [0, 0.05) is 33.2 Å². The molecule has 2 aromatic carbocycles. The first-order valence-electron chi connectivity index (χ1n) is 10.2. The number of nitrogens with one attached hydrogen (secondary N) is 1. The van der Waals surface area contributed by atoms with Crippen LogP contribution < -0.4 is 10.2 Å². The number of hydrogen-bond acceptors (Lipinski definition) is 5. The number of halogens is 4. The second-order valence-corrected chi connectivity index (χ2v) is 10.1. The SMILES string of the molecule is O=C1C2C3C[C@H](O)CN3C3(C(=O)Nc4c(F)cc(Cl)cc43)C2C(=O)N1c1cc(Cl)cc(Cl)c1. The quantitative estimate of drug-likeness (QED) is 0.575. The van der Waals surface area contributed by atoms with E-state index in [4.69, 9.17) is 34.8 Å². The predicted molar refractivity (Wildman–Crippen MR) is 119 cm³/mol. The van der Waals surface area contributed by atoms with Gasteiger partial charge in [-0.1, -0.05) is 34.8 Å². The highest BCUT2D eigenvalue weighted by molar-refractivity contribution is 6.36. The lowest BCUT2D eigenvalue weighted by molar-refractivity contribution is -0.135. The van der Waals surface area contributed by atoms with Gasteiger partial charge >= 0.3 is 0 Å². The van der Waals surface area contributed by atoms with Gasteiger partial charge in [0.1, 0.15) is 11.4 Å². The van der Waals surface area contributed by atoms with Gasteiger partial charge in [-0.05, 0) is 36.8 Å². The van der Waals surface area contributed by atoms with Crippen molar-refractivity contribution >= 4 is 63.9 Å². The van der Waals surface area contributed by atoms with Gasteiger partial charge in [-0.2, -0.15) is 0 Å². The monoisotopic (exact) mass is 509 g/mol. The molecule has 0 aliphatic carbocycles. The fourth-order valence-corrected chi connectivity index (χ4v) is 6.85. The van der Waals surface area contributed by atoms with Gasteiger partial charge < -0.3 is 10.4 Å². The molecule has 5 atom stereocenters. The summed E-state index contributed by atoms with van der Waals surface area (Å²) in [5.74, 6) is -4.57. The lowest BCUT2D eigenvalue weighted by Gasteiger charge is -2.36. The summed E-state index contributed by atoms with van der Waals surface area (Å²) in [6, 6.07) is 6.28. The summed E-state index contributed by atoms with van der Waals surface area (Å²) in [6.07, 6.45) is -0.621. The van der Waals surface area contributed by atoms with Gasteiger partial charge in [-0.25, -0.2) is 9.29 Å². The minimum Gasteiger partial charge on any atom is -0.392 e. The Bertz CT molecular complexity index is 1270. The summed E-state index contributed by atoms with van der Waals surface area (Å²) in [7, 11) is 0. The first-order valence-corrected chi connectivity index (χ1v) is 11.4. The van der Waals surface area contributed by atoms with E-state index in [-0.39, 0.29) is 45.0 Å². The molecule has 3 saturated heterocycles. The number of aliphatic hydroxyl groups excluding tert-OH is 1. The van der Waals surface area contributed by atoms with Gasteiger partial charge in [0.25, 0.3) is 5.91 Å². The number of carbonyl (C=O) groups excluding carboxylic acids is 3. The molecule has 0 saturated carbocycles. The Balaban J connectivity index is 1.58. The van der Waals surface area contributed by atoms with Crippen LogP contribution in [0.25, 0.3) is 0 Å². The Hall–Kier alpha value is -2.23. The van der Waals surface area contributed by atoms with Gasteiger partial charge in [0.2, 0.25) is 11.8 Å². The Labute approximate surface area is 202 Å². The normalized spacial score (nSPS) is 32.5. The molecule has 2 aromatic rings. The van der Waals surface area contributed by atoms with Gasteiger partial charge in [-0.3, -0.25) is 19.3 Å². The fourth-order valence-electron chi connectivity index (χ4n) is 6.14. The van der Waals surface area contributed by atoms with E-state index in [2.05, 4.69) is 5.32 Å². The largest absolute Gasteiger partial charge is 0.392 e. The molecule has 33 heavy (non-hydrogen) atoms. The minimum absolute atomic E-state index is 0.0529. The van der Waals surface area contributed by atoms with Crippen LogP contribution in [0.3, 0.4) is 0 Å². The van der Waals surface area contributed by atoms with Crippen molar-refractivity contribution in [2.45, 2.75) is 24.1 Å². The molecule has 1 spiro atoms. The maximum absolute atomic E-state index is 14.8. The summed E-state index contributed by atoms with van der Waals surface area (Å²) < 4.78 is 14.8. The van der Waals surface area contributed by atoms with Crippen molar-refractivity contribution in [2.75, 3.05) is 16.8 Å². The van der Waals surface area contributed by atoms with E-state index in [1.54, 1.807) is 4.90 Å². The lowest BCUT2D eigenvalue weighted by Crippen LogP contribution is -2.54. The zero-order valence-electron chi connectivity index (χ0n) is 16.7. The van der Waals surface area contributed by atoms with Crippen LogP contribution in [0.4, 0.5) is 15.8 Å². The maximum Gasteiger partial charge on any atom is 0.250 e. The van der Waals surface area contributed by atoms with Crippen LogP contribution in [0.15, 0.2) is 30.3 Å². The first kappa shape index (κ1) is 21.3. The Kier molecular flexibility index (Phi) is 4.45. The number of amides is 3. The summed E-state index contributed by atoms with van der Waals surface area (Å²) in [5.41, 5.74) is -1.38. The van der Waals surface area contributed by atoms with E-state index < -0.39 is 53.1 Å². The first-order chi connectivity index (χ1) is 15.6. The second kappa shape index (κ2) is 6.90. The zero-order chi connectivity index (χ0) is 23.4. The molecule has 0 aromatic heterocycles. The number of imide groups is 1. The molecule has 7 nitrogen and oxygen atoms in total. The zero-order valence-corrected chi connectivity index (χ0v) is 19.0. The highest BCUT2D eigenvalue weighted by Crippen LogP contribution is 2.61. The Morgan fingerprint density at radius 3 is 2.36 bits per heavy atom. The molecule has 2 N–H and O–H groups in total. The van der Waals surface area contributed by atoms with Crippen LogP contribution in [-0.2, 0) is 19.9 Å². The minimum atomic E-state index is -1.68. The van der Waals surface area contributed by atoms with Crippen molar-refractivity contribution < 1.29 is 23.9 Å². The summed E-state index contributed by atoms with van der Waals surface area (Å²) in [6.45, 7) is 0.0578.